The van der Waals surface area contributed by atoms with E-state index < -0.39 is 23.3 Å². The predicted molar refractivity (Wildman–Crippen MR) is 293 cm³/mol. The van der Waals surface area contributed by atoms with E-state index in [1.807, 2.05) is 24.3 Å². The molecular weight excluding hydrogens is 893 g/mol. The second-order valence-electron chi connectivity index (χ2n) is 19.8. The smallest absolute Gasteiger partial charge is 0.126 e. The number of rotatable bonds is 3. The lowest BCUT2D eigenvalue weighted by Gasteiger charge is -2.19. The predicted octanol–water partition coefficient (Wildman–Crippen LogP) is 19.9. The van der Waals surface area contributed by atoms with E-state index in [1.54, 1.807) is 0 Å². The number of halogens is 4. The van der Waals surface area contributed by atoms with Crippen LogP contribution in [0.1, 0.15) is 0 Å². The molecule has 0 saturated carbocycles. The van der Waals surface area contributed by atoms with E-state index in [9.17, 15) is 0 Å². The summed E-state index contributed by atoms with van der Waals surface area (Å²) in [5, 5.41) is 25.2. The van der Waals surface area contributed by atoms with Crippen LogP contribution in [-0.4, -0.2) is 0 Å². The number of fused-ring (bicyclic) bond motifs is 14. The Labute approximate surface area is 407 Å². The van der Waals surface area contributed by atoms with Gasteiger partial charge in [0.15, 0.2) is 0 Å². The minimum atomic E-state index is -0.691. The third-order valence-electron chi connectivity index (χ3n) is 16.4. The Morgan fingerprint density at radius 3 is 1.12 bits per heavy atom. The molecular formula is C68H32F4. The molecule has 16 aromatic rings. The zero-order valence-electron chi connectivity index (χ0n) is 38.0. The minimum Gasteiger partial charge on any atom is -0.207 e. The van der Waals surface area contributed by atoms with Gasteiger partial charge in [-0.25, -0.2) is 17.6 Å². The fourth-order valence-electron chi connectivity index (χ4n) is 13.9. The van der Waals surface area contributed by atoms with Crippen LogP contribution >= 0.6 is 0 Å². The Hall–Kier alpha value is -9.12. The Kier molecular flexibility index (Phi) is 7.20. The number of benzene rings is 14. The van der Waals surface area contributed by atoms with E-state index >= 15 is 17.6 Å². The molecule has 1 aliphatic rings. The highest BCUT2D eigenvalue weighted by molar-refractivity contribution is 6.51. The van der Waals surface area contributed by atoms with E-state index in [1.165, 1.54) is 127 Å². The van der Waals surface area contributed by atoms with Crippen molar-refractivity contribution in [2.75, 3.05) is 0 Å². The summed E-state index contributed by atoms with van der Waals surface area (Å²) < 4.78 is 60.9. The van der Waals surface area contributed by atoms with Gasteiger partial charge in [0.25, 0.3) is 0 Å². The second-order valence-corrected chi connectivity index (χ2v) is 19.8. The first kappa shape index (κ1) is 38.7. The zero-order valence-corrected chi connectivity index (χ0v) is 38.0. The first-order chi connectivity index (χ1) is 35.4. The molecule has 332 valence electrons. The molecule has 0 amide bonds. The highest BCUT2D eigenvalue weighted by Gasteiger charge is 2.30. The molecule has 1 aliphatic carbocycles. The van der Waals surface area contributed by atoms with Crippen molar-refractivity contribution in [3.05, 3.63) is 217 Å². The standard InChI is InChI=1S/C68H32F4/c69-36-25-34(26-37(70)29-36)58-43-13-6-7-14-44(43)59(35-27-38(71)30-39(72)28-35)57-32-55-50-20-18-46-48-22-24-53-65-52(23-21-47(62(48)65)45-17-19-49(63(50)61(45)46)54(55)31-56(57)58)67-60(33-9-2-1-3-10-33)51-16-8-15-41-40-11-4-5-12-42(40)66(64(41)51)68(53)67/h1-32H. The van der Waals surface area contributed by atoms with Gasteiger partial charge in [0, 0.05) is 12.1 Å². The van der Waals surface area contributed by atoms with E-state index in [0.29, 0.717) is 33.0 Å². The molecule has 0 saturated heterocycles. The summed E-state index contributed by atoms with van der Waals surface area (Å²) >= 11 is 0. The molecule has 0 fully saturated rings. The highest BCUT2D eigenvalue weighted by Crippen LogP contribution is 2.58. The molecule has 16 aromatic carbocycles. The molecule has 0 aliphatic heterocycles. The maximum Gasteiger partial charge on any atom is 0.126 e. The van der Waals surface area contributed by atoms with Crippen molar-refractivity contribution in [2.45, 2.75) is 0 Å². The van der Waals surface area contributed by atoms with Gasteiger partial charge in [0.2, 0.25) is 0 Å². The average Bonchev–Trinajstić information content (AvgIpc) is 4.02. The molecule has 0 heterocycles. The maximum atomic E-state index is 15.2. The first-order valence-electron chi connectivity index (χ1n) is 24.3. The molecule has 0 atom stereocenters. The molecule has 17 rings (SSSR count). The van der Waals surface area contributed by atoms with Crippen molar-refractivity contribution in [3.8, 4) is 55.6 Å². The van der Waals surface area contributed by atoms with Gasteiger partial charge < -0.3 is 0 Å². The number of hydrogen-bond donors (Lipinski definition) is 0. The molecule has 0 unspecified atom stereocenters. The van der Waals surface area contributed by atoms with Crippen molar-refractivity contribution in [2.24, 2.45) is 0 Å². The fourth-order valence-corrected chi connectivity index (χ4v) is 13.9. The first-order valence-corrected chi connectivity index (χ1v) is 24.3. The van der Waals surface area contributed by atoms with Crippen LogP contribution in [0.25, 0.3) is 174 Å². The molecule has 0 bridgehead atoms. The van der Waals surface area contributed by atoms with E-state index in [4.69, 9.17) is 0 Å². The molecule has 0 nitrogen and oxygen atoms in total. The number of hydrogen-bond acceptors (Lipinski definition) is 0. The molecule has 0 N–H and O–H groups in total. The van der Waals surface area contributed by atoms with Gasteiger partial charge >= 0.3 is 0 Å². The van der Waals surface area contributed by atoms with Crippen LogP contribution in [0.4, 0.5) is 17.6 Å². The lowest BCUT2D eigenvalue weighted by atomic mass is 9.84. The highest BCUT2D eigenvalue weighted by atomic mass is 19.1. The second kappa shape index (κ2) is 13.4. The van der Waals surface area contributed by atoms with E-state index in [2.05, 4.69) is 133 Å². The van der Waals surface area contributed by atoms with E-state index in [-0.39, 0.29) is 0 Å². The quantitative estimate of drug-likeness (QED) is 0.0941. The van der Waals surface area contributed by atoms with Crippen molar-refractivity contribution < 1.29 is 17.6 Å². The van der Waals surface area contributed by atoms with E-state index in [0.717, 1.165) is 50.5 Å². The average molecular weight is 925 g/mol. The Balaban J connectivity index is 0.997. The van der Waals surface area contributed by atoms with Crippen LogP contribution in [0.3, 0.4) is 0 Å². The monoisotopic (exact) mass is 924 g/mol. The lowest BCUT2D eigenvalue weighted by Crippen LogP contribution is -1.94. The maximum absolute atomic E-state index is 15.2. The van der Waals surface area contributed by atoms with Crippen LogP contribution in [0.2, 0.25) is 0 Å². The van der Waals surface area contributed by atoms with Gasteiger partial charge in [-0.3, -0.25) is 0 Å². The molecule has 72 heavy (non-hydrogen) atoms. The normalized spacial score (nSPS) is 12.7. The lowest BCUT2D eigenvalue weighted by molar-refractivity contribution is 0.583. The summed E-state index contributed by atoms with van der Waals surface area (Å²) in [6, 6.07) is 64.0. The molecule has 0 aromatic heterocycles. The van der Waals surface area contributed by atoms with Crippen molar-refractivity contribution >= 4 is 118 Å². The van der Waals surface area contributed by atoms with Crippen LogP contribution in [0.15, 0.2) is 194 Å². The topological polar surface area (TPSA) is 0 Å². The Morgan fingerprint density at radius 1 is 0.181 bits per heavy atom. The summed E-state index contributed by atoms with van der Waals surface area (Å²) in [6.45, 7) is 0. The summed E-state index contributed by atoms with van der Waals surface area (Å²) in [6.07, 6.45) is 0. The largest absolute Gasteiger partial charge is 0.207 e. The fraction of sp³-hybridized carbons (Fsp3) is 0. The van der Waals surface area contributed by atoms with Crippen molar-refractivity contribution in [3.63, 3.8) is 0 Å². The van der Waals surface area contributed by atoms with Crippen LogP contribution in [0.5, 0.6) is 0 Å². The zero-order chi connectivity index (χ0) is 47.4. The third-order valence-corrected chi connectivity index (χ3v) is 16.4. The molecule has 0 radical (unpaired) electrons. The molecule has 4 heteroatoms. The van der Waals surface area contributed by atoms with Gasteiger partial charge in [-0.1, -0.05) is 146 Å². The van der Waals surface area contributed by atoms with Crippen molar-refractivity contribution in [1.29, 1.82) is 0 Å². The summed E-state index contributed by atoms with van der Waals surface area (Å²) in [4.78, 5) is 0. The van der Waals surface area contributed by atoms with Crippen LogP contribution in [0, 0.1) is 23.3 Å². The van der Waals surface area contributed by atoms with Gasteiger partial charge in [-0.2, -0.15) is 0 Å². The van der Waals surface area contributed by atoms with Gasteiger partial charge in [0.05, 0.1) is 0 Å². The summed E-state index contributed by atoms with van der Waals surface area (Å²) in [5.74, 6) is -2.76. The van der Waals surface area contributed by atoms with Crippen molar-refractivity contribution in [1.82, 2.24) is 0 Å². The summed E-state index contributed by atoms with van der Waals surface area (Å²) in [5.41, 5.74) is 8.61. The summed E-state index contributed by atoms with van der Waals surface area (Å²) in [7, 11) is 0. The van der Waals surface area contributed by atoms with Crippen LogP contribution < -0.4 is 0 Å². The molecule has 0 spiro atoms. The Morgan fingerprint density at radius 2 is 0.556 bits per heavy atom. The van der Waals surface area contributed by atoms with Gasteiger partial charge in [-0.15, -0.1) is 0 Å². The van der Waals surface area contributed by atoms with Crippen LogP contribution in [-0.2, 0) is 0 Å². The van der Waals surface area contributed by atoms with Gasteiger partial charge in [-0.05, 0) is 211 Å². The Bertz CT molecular complexity index is 4920. The van der Waals surface area contributed by atoms with Gasteiger partial charge in [0.1, 0.15) is 23.3 Å². The SMILES string of the molecule is Fc1cc(F)cc(-c2c3ccccc3c(-c3cc(F)cc(F)c3)c3cc4c(cc23)-c2ccc3c5ccc6c7c(-c8ccccc8)c8cccc9c%10ccccc%10c(c89)c7c7ccc(c8ccc-4c2c38)c5c67)c1. The minimum absolute atomic E-state index is 0.378. The third kappa shape index (κ3) is 4.73.